The van der Waals surface area contributed by atoms with E-state index < -0.39 is 5.41 Å². The zero-order valence-electron chi connectivity index (χ0n) is 16.1. The van der Waals surface area contributed by atoms with Crippen LogP contribution in [0.25, 0.3) is 0 Å². The van der Waals surface area contributed by atoms with E-state index in [1.54, 1.807) is 14.1 Å². The van der Waals surface area contributed by atoms with E-state index in [1.807, 2.05) is 19.9 Å². The minimum absolute atomic E-state index is 0. The van der Waals surface area contributed by atoms with E-state index in [-0.39, 0.29) is 29.9 Å². The number of aliphatic imine (C=N–C) groups is 1. The molecule has 0 aromatic carbocycles. The van der Waals surface area contributed by atoms with Crippen molar-refractivity contribution in [2.45, 2.75) is 53.0 Å². The molecular formula is C17H32IN5O2. The van der Waals surface area contributed by atoms with Crippen LogP contribution in [0.1, 0.15) is 57.9 Å². The smallest absolute Gasteiger partial charge is 0.227 e. The number of carbonyl (C=O) groups is 1. The summed E-state index contributed by atoms with van der Waals surface area (Å²) >= 11 is 0. The fraction of sp³-hybridized carbons (Fsp3) is 0.706. The first-order chi connectivity index (χ1) is 11.4. The zero-order chi connectivity index (χ0) is 18.2. The number of halogens is 1. The van der Waals surface area contributed by atoms with Crippen molar-refractivity contribution in [3.63, 3.8) is 0 Å². The highest BCUT2D eigenvalue weighted by Gasteiger charge is 2.26. The quantitative estimate of drug-likeness (QED) is 0.312. The maximum atomic E-state index is 11.8. The van der Waals surface area contributed by atoms with Crippen LogP contribution < -0.4 is 16.0 Å². The molecule has 1 aromatic rings. The van der Waals surface area contributed by atoms with Gasteiger partial charge in [0.1, 0.15) is 0 Å². The van der Waals surface area contributed by atoms with Gasteiger partial charge in [-0.2, -0.15) is 0 Å². The molecule has 0 atom stereocenters. The van der Waals surface area contributed by atoms with E-state index in [4.69, 9.17) is 4.52 Å². The van der Waals surface area contributed by atoms with Crippen molar-refractivity contribution >= 4 is 35.8 Å². The highest BCUT2D eigenvalue weighted by atomic mass is 127. The summed E-state index contributed by atoms with van der Waals surface area (Å²) in [5, 5.41) is 13.2. The molecule has 0 aliphatic heterocycles. The molecule has 0 saturated carbocycles. The number of guanidine groups is 1. The lowest BCUT2D eigenvalue weighted by molar-refractivity contribution is -0.128. The van der Waals surface area contributed by atoms with Crippen molar-refractivity contribution < 1.29 is 9.32 Å². The Labute approximate surface area is 167 Å². The molecule has 0 aliphatic rings. The van der Waals surface area contributed by atoms with Crippen LogP contribution >= 0.6 is 24.0 Å². The maximum Gasteiger partial charge on any atom is 0.227 e. The number of nitrogens with zero attached hydrogens (tertiary/aromatic N) is 2. The second kappa shape index (κ2) is 11.3. The van der Waals surface area contributed by atoms with Gasteiger partial charge in [-0.15, -0.1) is 24.0 Å². The third-order valence-corrected chi connectivity index (χ3v) is 4.17. The molecule has 1 rings (SSSR count). The van der Waals surface area contributed by atoms with E-state index in [2.05, 4.69) is 39.9 Å². The Morgan fingerprint density at radius 2 is 1.96 bits per heavy atom. The second-order valence-corrected chi connectivity index (χ2v) is 6.47. The molecule has 1 aromatic heterocycles. The Morgan fingerprint density at radius 3 is 2.48 bits per heavy atom. The number of hydrogen-bond donors (Lipinski definition) is 3. The molecule has 144 valence electrons. The molecular weight excluding hydrogens is 433 g/mol. The molecule has 0 saturated heterocycles. The number of nitrogens with one attached hydrogen (secondary N) is 3. The Hall–Kier alpha value is -1.32. The SMILES string of the molecule is CCC(CC)c1cc(CNC(=NC)NCC(C)(C)C(=O)NC)on1.I. The largest absolute Gasteiger partial charge is 0.359 e. The highest BCUT2D eigenvalue weighted by molar-refractivity contribution is 14.0. The average Bonchev–Trinajstić information content (AvgIpc) is 3.04. The predicted octanol–water partition coefficient (Wildman–Crippen LogP) is 2.63. The van der Waals surface area contributed by atoms with Gasteiger partial charge >= 0.3 is 0 Å². The van der Waals surface area contributed by atoms with Crippen LogP contribution in [0.4, 0.5) is 0 Å². The van der Waals surface area contributed by atoms with Crippen molar-refractivity contribution in [2.75, 3.05) is 20.6 Å². The first kappa shape index (κ1) is 23.7. The van der Waals surface area contributed by atoms with Gasteiger partial charge in [0.25, 0.3) is 0 Å². The van der Waals surface area contributed by atoms with Crippen LogP contribution in [0.2, 0.25) is 0 Å². The number of hydrogen-bond acceptors (Lipinski definition) is 4. The molecule has 7 nitrogen and oxygen atoms in total. The third-order valence-electron chi connectivity index (χ3n) is 4.17. The fourth-order valence-corrected chi connectivity index (χ4v) is 2.43. The minimum atomic E-state index is -0.527. The van der Waals surface area contributed by atoms with E-state index in [9.17, 15) is 4.79 Å². The fourth-order valence-electron chi connectivity index (χ4n) is 2.43. The molecule has 1 amide bonds. The maximum absolute atomic E-state index is 11.8. The van der Waals surface area contributed by atoms with Gasteiger partial charge in [-0.1, -0.05) is 19.0 Å². The van der Waals surface area contributed by atoms with Crippen LogP contribution in [-0.4, -0.2) is 37.7 Å². The van der Waals surface area contributed by atoms with Crippen molar-refractivity contribution in [3.8, 4) is 0 Å². The van der Waals surface area contributed by atoms with Gasteiger partial charge in [0.2, 0.25) is 5.91 Å². The Morgan fingerprint density at radius 1 is 1.32 bits per heavy atom. The summed E-state index contributed by atoms with van der Waals surface area (Å²) in [6.45, 7) is 9.03. The second-order valence-electron chi connectivity index (χ2n) is 6.47. The van der Waals surface area contributed by atoms with Gasteiger partial charge in [0.05, 0.1) is 17.7 Å². The normalized spacial score (nSPS) is 11.9. The molecule has 0 radical (unpaired) electrons. The molecule has 0 spiro atoms. The Kier molecular flexibility index (Phi) is 10.7. The Bertz CT molecular complexity index is 553. The standard InChI is InChI=1S/C17H31N5O2.HI/c1-7-12(8-2)14-9-13(24-22-14)10-20-16(19-6)21-11-17(3,4)15(23)18-5;/h9,12H,7-8,10-11H2,1-6H3,(H,18,23)(H2,19,20,21);1H. The van der Waals surface area contributed by atoms with Crippen molar-refractivity contribution in [1.29, 1.82) is 0 Å². The van der Waals surface area contributed by atoms with Gasteiger partial charge in [-0.05, 0) is 26.7 Å². The van der Waals surface area contributed by atoms with E-state index in [0.29, 0.717) is 25.0 Å². The van der Waals surface area contributed by atoms with E-state index >= 15 is 0 Å². The van der Waals surface area contributed by atoms with Crippen molar-refractivity contribution in [3.05, 3.63) is 17.5 Å². The molecule has 0 unspecified atom stereocenters. The lowest BCUT2D eigenvalue weighted by Gasteiger charge is -2.24. The molecule has 0 bridgehead atoms. The van der Waals surface area contributed by atoms with Crippen LogP contribution in [-0.2, 0) is 11.3 Å². The summed E-state index contributed by atoms with van der Waals surface area (Å²) in [6, 6.07) is 1.99. The summed E-state index contributed by atoms with van der Waals surface area (Å²) in [7, 11) is 3.33. The predicted molar refractivity (Wildman–Crippen MR) is 111 cm³/mol. The monoisotopic (exact) mass is 465 g/mol. The highest BCUT2D eigenvalue weighted by Crippen LogP contribution is 2.22. The topological polar surface area (TPSA) is 91.5 Å². The van der Waals surface area contributed by atoms with Crippen molar-refractivity contribution in [2.24, 2.45) is 10.4 Å². The molecule has 1 heterocycles. The molecule has 3 N–H and O–H groups in total. The number of carbonyl (C=O) groups excluding carboxylic acids is 1. The van der Waals surface area contributed by atoms with Crippen LogP contribution in [0.15, 0.2) is 15.6 Å². The number of rotatable bonds is 8. The van der Waals surface area contributed by atoms with Crippen LogP contribution in [0, 0.1) is 5.41 Å². The number of aromatic nitrogens is 1. The van der Waals surface area contributed by atoms with Gasteiger partial charge in [0, 0.05) is 32.6 Å². The van der Waals surface area contributed by atoms with Gasteiger partial charge < -0.3 is 20.5 Å². The number of amides is 1. The zero-order valence-corrected chi connectivity index (χ0v) is 18.4. The lowest BCUT2D eigenvalue weighted by atomic mass is 9.92. The summed E-state index contributed by atoms with van der Waals surface area (Å²) in [4.78, 5) is 16.0. The molecule has 8 heteroatoms. The molecule has 0 aliphatic carbocycles. The first-order valence-corrected chi connectivity index (χ1v) is 8.50. The first-order valence-electron chi connectivity index (χ1n) is 8.50. The van der Waals surface area contributed by atoms with Gasteiger partial charge in [0.15, 0.2) is 11.7 Å². The lowest BCUT2D eigenvalue weighted by Crippen LogP contribution is -2.47. The van der Waals surface area contributed by atoms with Crippen LogP contribution in [0.5, 0.6) is 0 Å². The summed E-state index contributed by atoms with van der Waals surface area (Å²) in [6.07, 6.45) is 2.10. The summed E-state index contributed by atoms with van der Waals surface area (Å²) in [5.74, 6) is 1.81. The van der Waals surface area contributed by atoms with E-state index in [0.717, 1.165) is 24.3 Å². The van der Waals surface area contributed by atoms with Crippen LogP contribution in [0.3, 0.4) is 0 Å². The Balaban J connectivity index is 0.00000576. The van der Waals surface area contributed by atoms with Gasteiger partial charge in [-0.3, -0.25) is 9.79 Å². The third kappa shape index (κ3) is 7.21. The summed E-state index contributed by atoms with van der Waals surface area (Å²) in [5.41, 5.74) is 0.474. The van der Waals surface area contributed by atoms with Crippen molar-refractivity contribution in [1.82, 2.24) is 21.1 Å². The molecule has 25 heavy (non-hydrogen) atoms. The minimum Gasteiger partial charge on any atom is -0.359 e. The van der Waals surface area contributed by atoms with Gasteiger partial charge in [-0.25, -0.2) is 0 Å². The average molecular weight is 465 g/mol. The summed E-state index contributed by atoms with van der Waals surface area (Å²) < 4.78 is 5.39. The van der Waals surface area contributed by atoms with E-state index in [1.165, 1.54) is 0 Å². The molecule has 0 fully saturated rings.